The molecule has 0 unspecified atom stereocenters. The molecule has 5 nitrogen and oxygen atoms in total. The summed E-state index contributed by atoms with van der Waals surface area (Å²) >= 11 is 0. The molecule has 0 fully saturated rings. The zero-order valence-electron chi connectivity index (χ0n) is 9.52. The summed E-state index contributed by atoms with van der Waals surface area (Å²) in [7, 11) is 0. The average molecular weight is 215 g/mol. The van der Waals surface area contributed by atoms with Gasteiger partial charge in [-0.2, -0.15) is 10.1 Å². The van der Waals surface area contributed by atoms with Gasteiger partial charge < -0.3 is 4.98 Å². The summed E-state index contributed by atoms with van der Waals surface area (Å²) in [5.41, 5.74) is 3.20. The van der Waals surface area contributed by atoms with Crippen LogP contribution in [0.4, 0.5) is 0 Å². The van der Waals surface area contributed by atoms with E-state index < -0.39 is 0 Å². The number of aryl methyl sites for hydroxylation is 3. The SMILES string of the molecule is Cc1cc(C)n(-c2cn3cc(C)[nH]c3n2)n1. The maximum atomic E-state index is 4.49. The standard InChI is InChI=1S/C11H13N5/c1-7-4-9(3)16(14-7)10-6-15-5-8(2)12-11(15)13-10/h4-6H,1-3H3,(H,12,13). The van der Waals surface area contributed by atoms with E-state index in [2.05, 4.69) is 15.1 Å². The van der Waals surface area contributed by atoms with Gasteiger partial charge in [-0.05, 0) is 26.8 Å². The number of imidazole rings is 2. The van der Waals surface area contributed by atoms with Gasteiger partial charge in [0.05, 0.1) is 11.9 Å². The lowest BCUT2D eigenvalue weighted by atomic mass is 10.4. The van der Waals surface area contributed by atoms with Crippen LogP contribution in [-0.2, 0) is 0 Å². The van der Waals surface area contributed by atoms with E-state index in [-0.39, 0.29) is 0 Å². The molecule has 0 atom stereocenters. The Morgan fingerprint density at radius 2 is 2.00 bits per heavy atom. The number of aromatic nitrogens is 5. The molecule has 0 saturated heterocycles. The molecule has 0 bridgehead atoms. The summed E-state index contributed by atoms with van der Waals surface area (Å²) in [5.74, 6) is 1.69. The van der Waals surface area contributed by atoms with Gasteiger partial charge in [0, 0.05) is 17.6 Å². The van der Waals surface area contributed by atoms with Gasteiger partial charge in [-0.25, -0.2) is 4.68 Å². The van der Waals surface area contributed by atoms with Crippen molar-refractivity contribution in [2.24, 2.45) is 0 Å². The Kier molecular flexibility index (Phi) is 1.71. The topological polar surface area (TPSA) is 50.9 Å². The molecule has 0 aliphatic carbocycles. The van der Waals surface area contributed by atoms with Crippen molar-refractivity contribution in [2.75, 3.05) is 0 Å². The fraction of sp³-hybridized carbons (Fsp3) is 0.273. The molecule has 1 N–H and O–H groups in total. The van der Waals surface area contributed by atoms with E-state index in [9.17, 15) is 0 Å². The number of hydrogen-bond donors (Lipinski definition) is 1. The third kappa shape index (κ3) is 1.25. The van der Waals surface area contributed by atoms with Gasteiger partial charge in [0.25, 0.3) is 0 Å². The van der Waals surface area contributed by atoms with Gasteiger partial charge in [0.2, 0.25) is 5.78 Å². The van der Waals surface area contributed by atoms with Crippen molar-refractivity contribution < 1.29 is 0 Å². The maximum absolute atomic E-state index is 4.49. The van der Waals surface area contributed by atoms with Crippen LogP contribution < -0.4 is 0 Å². The van der Waals surface area contributed by atoms with Crippen LogP contribution in [0, 0.1) is 20.8 Å². The van der Waals surface area contributed by atoms with Crippen LogP contribution in [0.25, 0.3) is 11.6 Å². The molecule has 0 spiro atoms. The van der Waals surface area contributed by atoms with Crippen molar-refractivity contribution in [3.63, 3.8) is 0 Å². The van der Waals surface area contributed by atoms with Crippen LogP contribution in [0.1, 0.15) is 17.1 Å². The fourth-order valence-corrected chi connectivity index (χ4v) is 1.95. The van der Waals surface area contributed by atoms with E-state index in [0.717, 1.165) is 28.7 Å². The van der Waals surface area contributed by atoms with E-state index in [1.54, 1.807) is 0 Å². The normalized spacial score (nSPS) is 11.4. The van der Waals surface area contributed by atoms with Crippen LogP contribution in [-0.4, -0.2) is 24.1 Å². The van der Waals surface area contributed by atoms with Gasteiger partial charge in [-0.3, -0.25) is 4.40 Å². The number of hydrogen-bond acceptors (Lipinski definition) is 2. The summed E-state index contributed by atoms with van der Waals surface area (Å²) < 4.78 is 3.83. The van der Waals surface area contributed by atoms with Crippen LogP contribution >= 0.6 is 0 Å². The predicted octanol–water partition coefficient (Wildman–Crippen LogP) is 1.77. The number of nitrogens with one attached hydrogen (secondary N) is 1. The van der Waals surface area contributed by atoms with Gasteiger partial charge in [0.1, 0.15) is 0 Å². The molecular formula is C11H13N5. The second kappa shape index (κ2) is 2.98. The van der Waals surface area contributed by atoms with E-state index in [1.807, 2.05) is 48.3 Å². The summed E-state index contributed by atoms with van der Waals surface area (Å²) in [6.45, 7) is 6.02. The largest absolute Gasteiger partial charge is 0.328 e. The first-order chi connectivity index (χ1) is 7.63. The number of nitrogens with zero attached hydrogens (tertiary/aromatic N) is 4. The van der Waals surface area contributed by atoms with Crippen LogP contribution in [0.5, 0.6) is 0 Å². The molecule has 16 heavy (non-hydrogen) atoms. The summed E-state index contributed by atoms with van der Waals surface area (Å²) in [6, 6.07) is 2.04. The highest BCUT2D eigenvalue weighted by atomic mass is 15.3. The van der Waals surface area contributed by atoms with Crippen LogP contribution in [0.15, 0.2) is 18.5 Å². The number of aromatic amines is 1. The average Bonchev–Trinajstić information content (AvgIpc) is 2.78. The highest BCUT2D eigenvalue weighted by molar-refractivity contribution is 5.39. The van der Waals surface area contributed by atoms with Gasteiger partial charge in [0.15, 0.2) is 5.82 Å². The van der Waals surface area contributed by atoms with Crippen molar-refractivity contribution >= 4 is 5.78 Å². The van der Waals surface area contributed by atoms with Gasteiger partial charge >= 0.3 is 0 Å². The molecule has 3 aromatic rings. The molecule has 0 aliphatic heterocycles. The van der Waals surface area contributed by atoms with Crippen molar-refractivity contribution in [3.05, 3.63) is 35.5 Å². The Morgan fingerprint density at radius 1 is 1.19 bits per heavy atom. The number of fused-ring (bicyclic) bond motifs is 1. The van der Waals surface area contributed by atoms with E-state index >= 15 is 0 Å². The van der Waals surface area contributed by atoms with Crippen molar-refractivity contribution in [2.45, 2.75) is 20.8 Å². The fourth-order valence-electron chi connectivity index (χ4n) is 1.95. The molecule has 0 aromatic carbocycles. The molecule has 0 amide bonds. The third-order valence-electron chi connectivity index (χ3n) is 2.59. The molecule has 82 valence electrons. The predicted molar refractivity (Wildman–Crippen MR) is 60.9 cm³/mol. The minimum Gasteiger partial charge on any atom is -0.328 e. The first-order valence-corrected chi connectivity index (χ1v) is 5.21. The Labute approximate surface area is 92.7 Å². The quantitative estimate of drug-likeness (QED) is 0.672. The Hall–Kier alpha value is -2.04. The second-order valence-electron chi connectivity index (χ2n) is 4.11. The maximum Gasteiger partial charge on any atom is 0.213 e. The minimum absolute atomic E-state index is 0.844. The lowest BCUT2D eigenvalue weighted by molar-refractivity contribution is 0.812. The summed E-state index contributed by atoms with van der Waals surface area (Å²) in [6.07, 6.45) is 3.98. The summed E-state index contributed by atoms with van der Waals surface area (Å²) in [4.78, 5) is 7.67. The Bertz CT molecular complexity index is 624. The first kappa shape index (κ1) is 9.21. The van der Waals surface area contributed by atoms with Crippen molar-refractivity contribution in [3.8, 4) is 5.82 Å². The van der Waals surface area contributed by atoms with Crippen LogP contribution in [0.3, 0.4) is 0 Å². The molecule has 0 aliphatic rings. The third-order valence-corrected chi connectivity index (χ3v) is 2.59. The highest BCUT2D eigenvalue weighted by Gasteiger charge is 2.08. The molecule has 3 aromatic heterocycles. The number of rotatable bonds is 1. The van der Waals surface area contributed by atoms with Gasteiger partial charge in [-0.1, -0.05) is 0 Å². The van der Waals surface area contributed by atoms with E-state index in [0.29, 0.717) is 0 Å². The minimum atomic E-state index is 0.844. The zero-order chi connectivity index (χ0) is 11.3. The molecule has 0 saturated carbocycles. The lowest BCUT2D eigenvalue weighted by Gasteiger charge is -1.97. The van der Waals surface area contributed by atoms with Crippen molar-refractivity contribution in [1.29, 1.82) is 0 Å². The van der Waals surface area contributed by atoms with Crippen LogP contribution in [0.2, 0.25) is 0 Å². The molecular weight excluding hydrogens is 202 g/mol. The first-order valence-electron chi connectivity index (χ1n) is 5.21. The second-order valence-corrected chi connectivity index (χ2v) is 4.11. The van der Waals surface area contributed by atoms with E-state index in [4.69, 9.17) is 0 Å². The van der Waals surface area contributed by atoms with Gasteiger partial charge in [-0.15, -0.1) is 0 Å². The Morgan fingerprint density at radius 3 is 2.62 bits per heavy atom. The Balaban J connectivity index is 2.18. The molecule has 0 radical (unpaired) electrons. The molecule has 3 heterocycles. The number of H-pyrrole nitrogens is 1. The molecule has 5 heteroatoms. The van der Waals surface area contributed by atoms with Crippen molar-refractivity contribution in [1.82, 2.24) is 24.1 Å². The lowest BCUT2D eigenvalue weighted by Crippen LogP contribution is -1.99. The molecule has 3 rings (SSSR count). The smallest absolute Gasteiger partial charge is 0.213 e. The summed E-state index contributed by atoms with van der Waals surface area (Å²) in [5, 5.41) is 4.40. The zero-order valence-corrected chi connectivity index (χ0v) is 9.52. The monoisotopic (exact) mass is 215 g/mol. The van der Waals surface area contributed by atoms with E-state index in [1.165, 1.54) is 0 Å². The highest BCUT2D eigenvalue weighted by Crippen LogP contribution is 2.12.